The third kappa shape index (κ3) is 2.98. The fourth-order valence-electron chi connectivity index (χ4n) is 1.80. The molecule has 0 bridgehead atoms. The molecule has 2 nitrogen and oxygen atoms in total. The topological polar surface area (TPSA) is 29.3 Å². The molecule has 0 fully saturated rings. The quantitative estimate of drug-likeness (QED) is 0.852. The van der Waals surface area contributed by atoms with E-state index in [0.29, 0.717) is 0 Å². The van der Waals surface area contributed by atoms with E-state index < -0.39 is 0 Å². The Labute approximate surface area is 120 Å². The van der Waals surface area contributed by atoms with Crippen LogP contribution < -0.4 is 10.6 Å². The zero-order valence-electron chi connectivity index (χ0n) is 10.0. The van der Waals surface area contributed by atoms with Gasteiger partial charge in [-0.05, 0) is 45.8 Å². The summed E-state index contributed by atoms with van der Waals surface area (Å²) < 4.78 is 0.983. The molecule has 0 unspecified atom stereocenters. The summed E-state index contributed by atoms with van der Waals surface area (Å²) in [5, 5.41) is 0.788. The minimum Gasteiger partial charge on any atom is -0.399 e. The molecule has 0 saturated heterocycles. The van der Waals surface area contributed by atoms with Crippen LogP contribution in [-0.4, -0.2) is 7.05 Å². The second kappa shape index (κ2) is 5.63. The van der Waals surface area contributed by atoms with Crippen LogP contribution in [0, 0.1) is 0 Å². The molecule has 0 spiro atoms. The predicted octanol–water partition coefficient (Wildman–Crippen LogP) is 4.32. The third-order valence-corrected chi connectivity index (χ3v) is 3.75. The van der Waals surface area contributed by atoms with Crippen LogP contribution in [-0.2, 0) is 6.54 Å². The first-order valence-corrected chi connectivity index (χ1v) is 6.74. The number of nitrogen functional groups attached to an aromatic ring is 1. The van der Waals surface area contributed by atoms with Crippen LogP contribution in [0.25, 0.3) is 0 Å². The maximum atomic E-state index is 6.16. The summed E-state index contributed by atoms with van der Waals surface area (Å²) in [5.41, 5.74) is 8.67. The summed E-state index contributed by atoms with van der Waals surface area (Å²) >= 11 is 9.69. The minimum atomic E-state index is 0.747. The van der Waals surface area contributed by atoms with Gasteiger partial charge in [-0.2, -0.15) is 0 Å². The van der Waals surface area contributed by atoms with Crippen molar-refractivity contribution in [1.29, 1.82) is 0 Å². The highest BCUT2D eigenvalue weighted by atomic mass is 79.9. The van der Waals surface area contributed by atoms with Gasteiger partial charge in [0.05, 0.1) is 5.69 Å². The van der Waals surface area contributed by atoms with Crippen molar-refractivity contribution in [1.82, 2.24) is 0 Å². The van der Waals surface area contributed by atoms with Crippen LogP contribution >= 0.6 is 27.5 Å². The summed E-state index contributed by atoms with van der Waals surface area (Å²) in [7, 11) is 2.03. The fourth-order valence-corrected chi connectivity index (χ4v) is 2.69. The first-order valence-electron chi connectivity index (χ1n) is 5.57. The van der Waals surface area contributed by atoms with Crippen LogP contribution in [0.15, 0.2) is 46.9 Å². The van der Waals surface area contributed by atoms with E-state index in [1.807, 2.05) is 49.5 Å². The smallest absolute Gasteiger partial charge is 0.0512 e. The van der Waals surface area contributed by atoms with Crippen molar-refractivity contribution in [2.75, 3.05) is 17.7 Å². The zero-order chi connectivity index (χ0) is 13.1. The van der Waals surface area contributed by atoms with Crippen molar-refractivity contribution in [2.45, 2.75) is 6.54 Å². The normalized spacial score (nSPS) is 10.4. The highest BCUT2D eigenvalue weighted by Crippen LogP contribution is 2.29. The van der Waals surface area contributed by atoms with E-state index in [9.17, 15) is 0 Å². The molecule has 2 N–H and O–H groups in total. The van der Waals surface area contributed by atoms with Gasteiger partial charge in [-0.25, -0.2) is 0 Å². The van der Waals surface area contributed by atoms with Gasteiger partial charge in [0.1, 0.15) is 0 Å². The summed E-state index contributed by atoms with van der Waals surface area (Å²) in [5.74, 6) is 0. The third-order valence-electron chi connectivity index (χ3n) is 2.75. The maximum absolute atomic E-state index is 6.16. The van der Waals surface area contributed by atoms with Gasteiger partial charge in [0.2, 0.25) is 0 Å². The van der Waals surface area contributed by atoms with Crippen LogP contribution in [0.1, 0.15) is 5.56 Å². The Hall–Kier alpha value is -1.19. The van der Waals surface area contributed by atoms with Crippen molar-refractivity contribution in [3.05, 3.63) is 57.5 Å². The lowest BCUT2D eigenvalue weighted by atomic mass is 10.2. The molecule has 0 aromatic heterocycles. The predicted molar refractivity (Wildman–Crippen MR) is 82.1 cm³/mol. The molecule has 0 saturated carbocycles. The molecular formula is C14H14BrClN2. The summed E-state index contributed by atoms with van der Waals surface area (Å²) in [6.45, 7) is 0.752. The van der Waals surface area contributed by atoms with E-state index in [-0.39, 0.29) is 0 Å². The standard InChI is InChI=1S/C14H14BrClN2/c1-18(9-10-4-2-3-5-13(10)16)14-7-6-11(17)8-12(14)15/h2-8H,9,17H2,1H3. The Kier molecular flexibility index (Phi) is 4.15. The second-order valence-electron chi connectivity index (χ2n) is 4.16. The fraction of sp³-hybridized carbons (Fsp3) is 0.143. The van der Waals surface area contributed by atoms with Gasteiger partial charge in [0, 0.05) is 28.8 Å². The van der Waals surface area contributed by atoms with Crippen molar-refractivity contribution < 1.29 is 0 Å². The van der Waals surface area contributed by atoms with Crippen LogP contribution in [0.4, 0.5) is 11.4 Å². The number of hydrogen-bond acceptors (Lipinski definition) is 2. The Morgan fingerprint density at radius 2 is 1.94 bits per heavy atom. The number of anilines is 2. The molecule has 4 heteroatoms. The molecule has 2 rings (SSSR count). The molecule has 18 heavy (non-hydrogen) atoms. The average molecular weight is 326 g/mol. The van der Waals surface area contributed by atoms with E-state index in [4.69, 9.17) is 17.3 Å². The molecule has 0 aliphatic carbocycles. The molecule has 0 aliphatic heterocycles. The van der Waals surface area contributed by atoms with Crippen LogP contribution in [0.3, 0.4) is 0 Å². The molecule has 94 valence electrons. The van der Waals surface area contributed by atoms with Crippen LogP contribution in [0.2, 0.25) is 5.02 Å². The molecule has 0 aliphatic rings. The van der Waals surface area contributed by atoms with Gasteiger partial charge in [-0.1, -0.05) is 29.8 Å². The Morgan fingerprint density at radius 1 is 1.22 bits per heavy atom. The lowest BCUT2D eigenvalue weighted by Gasteiger charge is -2.21. The number of nitrogens with zero attached hydrogens (tertiary/aromatic N) is 1. The Bertz CT molecular complexity index is 557. The molecule has 2 aromatic rings. The first kappa shape index (κ1) is 13.2. The number of halogens is 2. The second-order valence-corrected chi connectivity index (χ2v) is 5.42. The lowest BCUT2D eigenvalue weighted by Crippen LogP contribution is -2.17. The molecule has 0 amide bonds. The largest absolute Gasteiger partial charge is 0.399 e. The van der Waals surface area contributed by atoms with Crippen molar-refractivity contribution >= 4 is 38.9 Å². The Morgan fingerprint density at radius 3 is 2.61 bits per heavy atom. The van der Waals surface area contributed by atoms with E-state index in [0.717, 1.165) is 33.0 Å². The minimum absolute atomic E-state index is 0.747. The maximum Gasteiger partial charge on any atom is 0.0512 e. The van der Waals surface area contributed by atoms with Crippen molar-refractivity contribution in [2.24, 2.45) is 0 Å². The van der Waals surface area contributed by atoms with Gasteiger partial charge >= 0.3 is 0 Å². The summed E-state index contributed by atoms with van der Waals surface area (Å²) in [6, 6.07) is 13.7. The number of nitrogens with two attached hydrogens (primary N) is 1. The van der Waals surface area contributed by atoms with Gasteiger partial charge < -0.3 is 10.6 Å². The molecular weight excluding hydrogens is 312 g/mol. The van der Waals surface area contributed by atoms with E-state index in [1.165, 1.54) is 0 Å². The van der Waals surface area contributed by atoms with Gasteiger partial charge in [-0.3, -0.25) is 0 Å². The number of hydrogen-bond donors (Lipinski definition) is 1. The van der Waals surface area contributed by atoms with Gasteiger partial charge in [-0.15, -0.1) is 0 Å². The first-order chi connectivity index (χ1) is 8.58. The van der Waals surface area contributed by atoms with Crippen molar-refractivity contribution in [3.8, 4) is 0 Å². The molecule has 0 radical (unpaired) electrons. The van der Waals surface area contributed by atoms with E-state index in [1.54, 1.807) is 0 Å². The zero-order valence-corrected chi connectivity index (χ0v) is 12.4. The summed E-state index contributed by atoms with van der Waals surface area (Å²) in [4.78, 5) is 2.13. The number of rotatable bonds is 3. The number of benzene rings is 2. The highest BCUT2D eigenvalue weighted by molar-refractivity contribution is 9.10. The lowest BCUT2D eigenvalue weighted by molar-refractivity contribution is 0.920. The van der Waals surface area contributed by atoms with Crippen molar-refractivity contribution in [3.63, 3.8) is 0 Å². The highest BCUT2D eigenvalue weighted by Gasteiger charge is 2.08. The molecule has 2 aromatic carbocycles. The van der Waals surface area contributed by atoms with E-state index >= 15 is 0 Å². The average Bonchev–Trinajstić information content (AvgIpc) is 2.32. The molecule has 0 heterocycles. The van der Waals surface area contributed by atoms with Gasteiger partial charge in [0.15, 0.2) is 0 Å². The Balaban J connectivity index is 2.22. The summed E-state index contributed by atoms with van der Waals surface area (Å²) in [6.07, 6.45) is 0. The molecule has 0 atom stereocenters. The monoisotopic (exact) mass is 324 g/mol. The van der Waals surface area contributed by atoms with Gasteiger partial charge in [0.25, 0.3) is 0 Å². The van der Waals surface area contributed by atoms with E-state index in [2.05, 4.69) is 20.8 Å². The van der Waals surface area contributed by atoms with Crippen LogP contribution in [0.5, 0.6) is 0 Å². The SMILES string of the molecule is CN(Cc1ccccc1Cl)c1ccc(N)cc1Br.